The molecule has 0 saturated heterocycles. The number of hydrogen-bond acceptors (Lipinski definition) is 4. The second kappa shape index (κ2) is 8.78. The molecule has 0 bridgehead atoms. The van der Waals surface area contributed by atoms with Crippen LogP contribution in [0.1, 0.15) is 48.3 Å². The van der Waals surface area contributed by atoms with Crippen LogP contribution in [-0.2, 0) is 17.6 Å². The van der Waals surface area contributed by atoms with Gasteiger partial charge in [0.15, 0.2) is 0 Å². The summed E-state index contributed by atoms with van der Waals surface area (Å²) in [5.74, 6) is -1.58. The highest BCUT2D eigenvalue weighted by molar-refractivity contribution is 5.87. The fourth-order valence-corrected chi connectivity index (χ4v) is 5.07. The van der Waals surface area contributed by atoms with Crippen LogP contribution in [0.25, 0.3) is 27.8 Å². The zero-order valence-electron chi connectivity index (χ0n) is 19.4. The van der Waals surface area contributed by atoms with Crippen LogP contribution in [0.3, 0.4) is 0 Å². The number of alkyl halides is 2. The molecule has 1 fully saturated rings. The second-order valence-electron chi connectivity index (χ2n) is 9.36. The highest BCUT2D eigenvalue weighted by Gasteiger charge is 2.35. The van der Waals surface area contributed by atoms with Crippen molar-refractivity contribution in [2.45, 2.75) is 58.3 Å². The van der Waals surface area contributed by atoms with E-state index in [9.17, 15) is 13.6 Å². The summed E-state index contributed by atoms with van der Waals surface area (Å²) >= 11 is 0. The van der Waals surface area contributed by atoms with Crippen molar-refractivity contribution < 1.29 is 18.1 Å². The number of rotatable bonds is 6. The predicted molar refractivity (Wildman–Crippen MR) is 126 cm³/mol. The predicted octanol–water partition coefficient (Wildman–Crippen LogP) is 6.41. The van der Waals surface area contributed by atoms with Crippen LogP contribution in [0.5, 0.6) is 0 Å². The molecule has 0 unspecified atom stereocenters. The Bertz CT molecular complexity index is 1310. The number of aromatic nitrogens is 3. The quantitative estimate of drug-likeness (QED) is 0.310. The molecular weight excluding hydrogens is 436 g/mol. The average Bonchev–Trinajstić information content (AvgIpc) is 3.35. The molecule has 1 saturated carbocycles. The Morgan fingerprint density at radius 1 is 1.18 bits per heavy atom. The molecule has 5 nitrogen and oxygen atoms in total. The molecule has 0 amide bonds. The van der Waals surface area contributed by atoms with Gasteiger partial charge in [-0.05, 0) is 68.4 Å². The van der Waals surface area contributed by atoms with Gasteiger partial charge in [-0.25, -0.2) is 13.8 Å². The van der Waals surface area contributed by atoms with E-state index < -0.39 is 5.92 Å². The van der Waals surface area contributed by atoms with Crippen molar-refractivity contribution in [2.24, 2.45) is 5.92 Å². The zero-order valence-corrected chi connectivity index (χ0v) is 19.4. The third kappa shape index (κ3) is 4.27. The first-order valence-corrected chi connectivity index (χ1v) is 11.7. The number of aldehydes is 1. The Morgan fingerprint density at radius 3 is 2.56 bits per heavy atom. The van der Waals surface area contributed by atoms with E-state index >= 15 is 0 Å². The van der Waals surface area contributed by atoms with Crippen LogP contribution < -0.4 is 0 Å². The first kappa shape index (κ1) is 22.4. The number of fused-ring (bicyclic) bond motifs is 1. The number of benzene rings is 1. The van der Waals surface area contributed by atoms with E-state index in [1.165, 1.54) is 0 Å². The van der Waals surface area contributed by atoms with Crippen LogP contribution in [0, 0.1) is 19.8 Å². The first-order chi connectivity index (χ1) is 16.3. The molecule has 7 heteroatoms. The van der Waals surface area contributed by atoms with Gasteiger partial charge < -0.3 is 13.9 Å². The van der Waals surface area contributed by atoms with Crippen molar-refractivity contribution in [3.05, 3.63) is 65.3 Å². The number of nitrogens with zero attached hydrogens (tertiary/aromatic N) is 3. The smallest absolute Gasteiger partial charge is 0.248 e. The van der Waals surface area contributed by atoms with Gasteiger partial charge >= 0.3 is 0 Å². The van der Waals surface area contributed by atoms with Gasteiger partial charge in [-0.2, -0.15) is 0 Å². The molecule has 176 valence electrons. The minimum Gasteiger partial charge on any atom is -0.361 e. The molecule has 1 aliphatic carbocycles. The standard InChI is InChI=1S/C27H27F2N3O2/c1-17-25(18(2)34-31-17)21-14-24-22(13-20-7-10-27(28,29)11-8-20)16-32(26(24)30-15-21)23-5-3-19(4-6-23)9-12-33/h3-6,12,14-16,20H,7-11,13H2,1-2H3. The van der Waals surface area contributed by atoms with E-state index in [1.807, 2.05) is 48.9 Å². The van der Waals surface area contributed by atoms with Crippen LogP contribution >= 0.6 is 0 Å². The minimum atomic E-state index is -2.54. The van der Waals surface area contributed by atoms with Crippen LogP contribution in [0.2, 0.25) is 0 Å². The topological polar surface area (TPSA) is 60.9 Å². The molecule has 0 spiro atoms. The van der Waals surface area contributed by atoms with Gasteiger partial charge in [0.1, 0.15) is 17.7 Å². The van der Waals surface area contributed by atoms with Gasteiger partial charge in [0, 0.05) is 53.9 Å². The maximum atomic E-state index is 13.7. The van der Waals surface area contributed by atoms with Crippen molar-refractivity contribution >= 4 is 17.3 Å². The lowest BCUT2D eigenvalue weighted by Crippen LogP contribution is -2.25. The van der Waals surface area contributed by atoms with E-state index in [-0.39, 0.29) is 18.8 Å². The van der Waals surface area contributed by atoms with E-state index in [2.05, 4.69) is 17.4 Å². The Balaban J connectivity index is 1.58. The number of hydrogen-bond donors (Lipinski definition) is 0. The highest BCUT2D eigenvalue weighted by atomic mass is 19.3. The van der Waals surface area contributed by atoms with Crippen LogP contribution in [0.15, 0.2) is 47.2 Å². The van der Waals surface area contributed by atoms with Crippen molar-refractivity contribution in [3.63, 3.8) is 0 Å². The molecule has 0 N–H and O–H groups in total. The summed E-state index contributed by atoms with van der Waals surface area (Å²) < 4.78 is 34.8. The number of carbonyl (C=O) groups is 1. The highest BCUT2D eigenvalue weighted by Crippen LogP contribution is 2.39. The lowest BCUT2D eigenvalue weighted by molar-refractivity contribution is -0.107. The number of aryl methyl sites for hydroxylation is 2. The molecule has 0 aliphatic heterocycles. The summed E-state index contributed by atoms with van der Waals surface area (Å²) in [5, 5.41) is 5.08. The van der Waals surface area contributed by atoms with E-state index in [1.54, 1.807) is 0 Å². The normalized spacial score (nSPS) is 16.2. The zero-order chi connectivity index (χ0) is 23.9. The lowest BCUT2D eigenvalue weighted by Gasteiger charge is -2.28. The fraction of sp³-hybridized carbons (Fsp3) is 0.370. The van der Waals surface area contributed by atoms with Crippen molar-refractivity contribution in [2.75, 3.05) is 0 Å². The lowest BCUT2D eigenvalue weighted by atomic mass is 9.83. The molecule has 1 aliphatic rings. The molecular formula is C27H27F2N3O2. The van der Waals surface area contributed by atoms with Gasteiger partial charge in [-0.1, -0.05) is 17.3 Å². The molecule has 1 aromatic carbocycles. The SMILES string of the molecule is Cc1noc(C)c1-c1cnc2c(c1)c(CC1CCC(F)(F)CC1)cn2-c1ccc(CC=O)cc1. The summed E-state index contributed by atoms with van der Waals surface area (Å²) in [4.78, 5) is 15.6. The number of pyridine rings is 1. The monoisotopic (exact) mass is 463 g/mol. The number of carbonyl (C=O) groups excluding carboxylic acids is 1. The Morgan fingerprint density at radius 2 is 1.91 bits per heavy atom. The molecule has 4 aromatic rings. The molecule has 0 atom stereocenters. The van der Waals surface area contributed by atoms with Gasteiger partial charge in [0.2, 0.25) is 5.92 Å². The minimum absolute atomic E-state index is 0.0446. The third-order valence-electron chi connectivity index (χ3n) is 6.93. The largest absolute Gasteiger partial charge is 0.361 e. The molecule has 0 radical (unpaired) electrons. The van der Waals surface area contributed by atoms with Crippen LogP contribution in [0.4, 0.5) is 8.78 Å². The van der Waals surface area contributed by atoms with Gasteiger partial charge in [0.05, 0.1) is 5.69 Å². The summed E-state index contributed by atoms with van der Waals surface area (Å²) in [6.07, 6.45) is 6.87. The first-order valence-electron chi connectivity index (χ1n) is 11.7. The second-order valence-corrected chi connectivity index (χ2v) is 9.36. The van der Waals surface area contributed by atoms with E-state index in [0.717, 1.165) is 63.1 Å². The Hall–Kier alpha value is -3.35. The van der Waals surface area contributed by atoms with Crippen molar-refractivity contribution in [1.29, 1.82) is 0 Å². The maximum Gasteiger partial charge on any atom is 0.248 e. The number of halogens is 2. The summed E-state index contributed by atoms with van der Waals surface area (Å²) in [5.41, 5.74) is 6.48. The maximum absolute atomic E-state index is 13.7. The van der Waals surface area contributed by atoms with Crippen molar-refractivity contribution in [3.8, 4) is 16.8 Å². The van der Waals surface area contributed by atoms with Gasteiger partial charge in [-0.3, -0.25) is 0 Å². The van der Waals surface area contributed by atoms with Crippen LogP contribution in [-0.4, -0.2) is 26.9 Å². The van der Waals surface area contributed by atoms with E-state index in [0.29, 0.717) is 19.3 Å². The molecule has 3 aromatic heterocycles. The average molecular weight is 464 g/mol. The molecule has 34 heavy (non-hydrogen) atoms. The Labute approximate surface area is 196 Å². The van der Waals surface area contributed by atoms with Gasteiger partial charge in [0.25, 0.3) is 0 Å². The fourth-order valence-electron chi connectivity index (χ4n) is 5.07. The molecule has 3 heterocycles. The van der Waals surface area contributed by atoms with Gasteiger partial charge in [-0.15, -0.1) is 0 Å². The summed E-state index contributed by atoms with van der Waals surface area (Å²) in [7, 11) is 0. The van der Waals surface area contributed by atoms with E-state index in [4.69, 9.17) is 9.51 Å². The molecule has 5 rings (SSSR count). The van der Waals surface area contributed by atoms with Crippen molar-refractivity contribution in [1.82, 2.24) is 14.7 Å². The summed E-state index contributed by atoms with van der Waals surface area (Å²) in [6, 6.07) is 9.95. The summed E-state index contributed by atoms with van der Waals surface area (Å²) in [6.45, 7) is 3.79. The Kier molecular flexibility index (Phi) is 5.80. The third-order valence-corrected chi connectivity index (χ3v) is 6.93.